The molecule has 0 spiro atoms. The van der Waals surface area contributed by atoms with Crippen LogP contribution in [0.2, 0.25) is 0 Å². The summed E-state index contributed by atoms with van der Waals surface area (Å²) in [7, 11) is 4.56. The molecule has 2 aliphatic rings. The molecule has 20 heavy (non-hydrogen) atoms. The number of rotatable bonds is 4. The molecule has 1 saturated carbocycles. The molecule has 1 aliphatic carbocycles. The molecular weight excluding hydrogens is 246 g/mol. The van der Waals surface area contributed by atoms with Crippen LogP contribution in [0.1, 0.15) is 40.0 Å². The van der Waals surface area contributed by atoms with Crippen LogP contribution < -0.4 is 5.73 Å². The van der Waals surface area contributed by atoms with Crippen molar-refractivity contribution in [2.24, 2.45) is 28.9 Å². The summed E-state index contributed by atoms with van der Waals surface area (Å²) in [5.41, 5.74) is 6.65. The molecule has 0 amide bonds. The van der Waals surface area contributed by atoms with Crippen LogP contribution in [0, 0.1) is 23.2 Å². The quantitative estimate of drug-likeness (QED) is 0.858. The van der Waals surface area contributed by atoms with Gasteiger partial charge in [-0.25, -0.2) is 0 Å². The maximum atomic E-state index is 6.28. The Bertz CT molecular complexity index is 315. The van der Waals surface area contributed by atoms with Crippen LogP contribution >= 0.6 is 0 Å². The van der Waals surface area contributed by atoms with E-state index in [2.05, 4.69) is 44.7 Å². The van der Waals surface area contributed by atoms with Gasteiger partial charge < -0.3 is 15.5 Å². The van der Waals surface area contributed by atoms with Gasteiger partial charge in [-0.1, -0.05) is 20.8 Å². The van der Waals surface area contributed by atoms with E-state index in [0.29, 0.717) is 17.4 Å². The van der Waals surface area contributed by atoms with Crippen LogP contribution in [-0.4, -0.2) is 56.1 Å². The van der Waals surface area contributed by atoms with E-state index in [0.717, 1.165) is 11.8 Å². The van der Waals surface area contributed by atoms with Gasteiger partial charge in [0.1, 0.15) is 0 Å². The summed E-state index contributed by atoms with van der Waals surface area (Å²) < 4.78 is 0. The van der Waals surface area contributed by atoms with E-state index in [9.17, 15) is 0 Å². The molecule has 0 radical (unpaired) electrons. The molecule has 0 bridgehead atoms. The molecule has 4 atom stereocenters. The summed E-state index contributed by atoms with van der Waals surface area (Å²) in [6.45, 7) is 12.3. The summed E-state index contributed by atoms with van der Waals surface area (Å²) in [6, 6.07) is 0.398. The van der Waals surface area contributed by atoms with Gasteiger partial charge in [-0.05, 0) is 63.1 Å². The van der Waals surface area contributed by atoms with Gasteiger partial charge in [0.15, 0.2) is 0 Å². The normalized spacial score (nSPS) is 38.5. The summed E-state index contributed by atoms with van der Waals surface area (Å²) in [5, 5.41) is 0. The highest BCUT2D eigenvalue weighted by Crippen LogP contribution is 2.44. The molecule has 1 aliphatic heterocycles. The van der Waals surface area contributed by atoms with Crippen LogP contribution in [0.25, 0.3) is 0 Å². The fraction of sp³-hybridized carbons (Fsp3) is 1.00. The van der Waals surface area contributed by atoms with Crippen molar-refractivity contribution in [2.75, 3.05) is 40.3 Å². The average molecular weight is 281 g/mol. The van der Waals surface area contributed by atoms with Crippen molar-refractivity contribution in [3.05, 3.63) is 0 Å². The molecule has 0 aromatic heterocycles. The van der Waals surface area contributed by atoms with E-state index in [1.54, 1.807) is 0 Å². The van der Waals surface area contributed by atoms with E-state index >= 15 is 0 Å². The molecule has 118 valence electrons. The van der Waals surface area contributed by atoms with Gasteiger partial charge in [-0.2, -0.15) is 0 Å². The molecule has 3 nitrogen and oxygen atoms in total. The van der Waals surface area contributed by atoms with Crippen LogP contribution in [0.3, 0.4) is 0 Å². The largest absolute Gasteiger partial charge is 0.327 e. The summed E-state index contributed by atoms with van der Waals surface area (Å²) in [5.74, 6) is 2.30. The highest BCUT2D eigenvalue weighted by Gasteiger charge is 2.41. The fourth-order valence-corrected chi connectivity index (χ4v) is 4.33. The SMILES string of the molecule is CC1C(N)CCC(CN(C)CC2CCN(C)C2)C1(C)C. The Balaban J connectivity index is 1.85. The smallest absolute Gasteiger partial charge is 0.00698 e. The molecule has 3 heteroatoms. The average Bonchev–Trinajstić information content (AvgIpc) is 2.76. The highest BCUT2D eigenvalue weighted by molar-refractivity contribution is 4.94. The van der Waals surface area contributed by atoms with Crippen molar-refractivity contribution in [2.45, 2.75) is 46.1 Å². The Morgan fingerprint density at radius 3 is 2.50 bits per heavy atom. The molecular formula is C17H35N3. The standard InChI is InChI=1S/C17H35N3/c1-13-16(18)7-6-15(17(13,2)3)12-20(5)11-14-8-9-19(4)10-14/h13-16H,6-12,18H2,1-5H3. The first-order valence-corrected chi connectivity index (χ1v) is 8.43. The maximum Gasteiger partial charge on any atom is 0.00698 e. The van der Waals surface area contributed by atoms with Crippen molar-refractivity contribution in [1.29, 1.82) is 0 Å². The summed E-state index contributed by atoms with van der Waals surface area (Å²) >= 11 is 0. The number of nitrogens with zero attached hydrogens (tertiary/aromatic N) is 2. The second kappa shape index (κ2) is 6.33. The summed E-state index contributed by atoms with van der Waals surface area (Å²) in [6.07, 6.45) is 3.87. The van der Waals surface area contributed by atoms with Gasteiger partial charge in [0.2, 0.25) is 0 Å². The lowest BCUT2D eigenvalue weighted by Crippen LogP contribution is -2.50. The van der Waals surface area contributed by atoms with Crippen LogP contribution in [0.5, 0.6) is 0 Å². The van der Waals surface area contributed by atoms with E-state index < -0.39 is 0 Å². The van der Waals surface area contributed by atoms with Gasteiger partial charge in [0.05, 0.1) is 0 Å². The predicted molar refractivity (Wildman–Crippen MR) is 86.7 cm³/mol. The molecule has 1 saturated heterocycles. The Labute approximate surface area is 125 Å². The zero-order valence-electron chi connectivity index (χ0n) is 14.2. The van der Waals surface area contributed by atoms with Crippen molar-refractivity contribution in [3.63, 3.8) is 0 Å². The van der Waals surface area contributed by atoms with E-state index in [4.69, 9.17) is 5.73 Å². The van der Waals surface area contributed by atoms with Gasteiger partial charge in [-0.3, -0.25) is 0 Å². The topological polar surface area (TPSA) is 32.5 Å². The minimum absolute atomic E-state index is 0.373. The van der Waals surface area contributed by atoms with Gasteiger partial charge in [0.25, 0.3) is 0 Å². The Morgan fingerprint density at radius 1 is 1.20 bits per heavy atom. The Hall–Kier alpha value is -0.120. The molecule has 0 aromatic rings. The van der Waals surface area contributed by atoms with Crippen LogP contribution in [0.4, 0.5) is 0 Å². The first-order chi connectivity index (χ1) is 9.30. The van der Waals surface area contributed by atoms with Crippen molar-refractivity contribution >= 4 is 0 Å². The Kier molecular flexibility index (Phi) is 5.14. The third-order valence-corrected chi connectivity index (χ3v) is 6.31. The molecule has 4 unspecified atom stereocenters. The van der Waals surface area contributed by atoms with Crippen molar-refractivity contribution in [1.82, 2.24) is 9.80 Å². The predicted octanol–water partition coefficient (Wildman–Crippen LogP) is 2.27. The van der Waals surface area contributed by atoms with E-state index in [1.807, 2.05) is 0 Å². The van der Waals surface area contributed by atoms with Crippen LogP contribution in [-0.2, 0) is 0 Å². The zero-order chi connectivity index (χ0) is 14.9. The lowest BCUT2D eigenvalue weighted by atomic mass is 9.61. The second-order valence-corrected chi connectivity index (χ2v) is 8.19. The second-order valence-electron chi connectivity index (χ2n) is 8.19. The van der Waals surface area contributed by atoms with Gasteiger partial charge >= 0.3 is 0 Å². The lowest BCUT2D eigenvalue weighted by molar-refractivity contribution is 0.0313. The fourth-order valence-electron chi connectivity index (χ4n) is 4.33. The highest BCUT2D eigenvalue weighted by atomic mass is 15.1. The molecule has 0 aromatic carbocycles. The first kappa shape index (κ1) is 16.3. The number of hydrogen-bond acceptors (Lipinski definition) is 3. The number of likely N-dealkylation sites (tertiary alicyclic amines) is 1. The molecule has 1 heterocycles. The minimum atomic E-state index is 0.373. The summed E-state index contributed by atoms with van der Waals surface area (Å²) in [4.78, 5) is 5.05. The Morgan fingerprint density at radius 2 is 1.90 bits per heavy atom. The zero-order valence-corrected chi connectivity index (χ0v) is 14.2. The van der Waals surface area contributed by atoms with E-state index in [-0.39, 0.29) is 0 Å². The lowest BCUT2D eigenvalue weighted by Gasteiger charge is -2.48. The first-order valence-electron chi connectivity index (χ1n) is 8.43. The molecule has 2 fully saturated rings. The van der Waals surface area contributed by atoms with Crippen molar-refractivity contribution in [3.8, 4) is 0 Å². The monoisotopic (exact) mass is 281 g/mol. The maximum absolute atomic E-state index is 6.28. The van der Waals surface area contributed by atoms with Gasteiger partial charge in [-0.15, -0.1) is 0 Å². The third kappa shape index (κ3) is 3.55. The number of nitrogens with two attached hydrogens (primary N) is 1. The number of hydrogen-bond donors (Lipinski definition) is 1. The minimum Gasteiger partial charge on any atom is -0.327 e. The molecule has 2 N–H and O–H groups in total. The van der Waals surface area contributed by atoms with Crippen molar-refractivity contribution < 1.29 is 0 Å². The molecule has 2 rings (SSSR count). The van der Waals surface area contributed by atoms with Gasteiger partial charge in [0, 0.05) is 25.7 Å². The third-order valence-electron chi connectivity index (χ3n) is 6.31. The van der Waals surface area contributed by atoms with E-state index in [1.165, 1.54) is 45.4 Å². The van der Waals surface area contributed by atoms with Crippen LogP contribution in [0.15, 0.2) is 0 Å².